The van der Waals surface area contributed by atoms with Crippen LogP contribution >= 0.6 is 0 Å². The van der Waals surface area contributed by atoms with Gasteiger partial charge in [0, 0.05) is 22.6 Å². The summed E-state index contributed by atoms with van der Waals surface area (Å²) in [6.45, 7) is 17.5. The minimum Gasteiger partial charge on any atom is -0.423 e. The second-order valence-electron chi connectivity index (χ2n) is 11.2. The largest absolute Gasteiger partial charge is 0.423 e. The molecule has 0 spiro atoms. The first-order chi connectivity index (χ1) is 15.9. The van der Waals surface area contributed by atoms with Gasteiger partial charge in [-0.25, -0.2) is 4.79 Å². The number of hydrogen-bond acceptors (Lipinski definition) is 3. The Kier molecular flexibility index (Phi) is 4.68. The summed E-state index contributed by atoms with van der Waals surface area (Å²) in [6.07, 6.45) is 10.8. The van der Waals surface area contributed by atoms with Crippen molar-refractivity contribution in [3.63, 3.8) is 0 Å². The van der Waals surface area contributed by atoms with Crippen molar-refractivity contribution in [2.75, 3.05) is 4.90 Å². The van der Waals surface area contributed by atoms with Crippen LogP contribution in [0, 0.1) is 10.8 Å². The van der Waals surface area contributed by atoms with Gasteiger partial charge in [0.15, 0.2) is 0 Å². The van der Waals surface area contributed by atoms with E-state index in [-0.39, 0.29) is 21.9 Å². The molecule has 0 N–H and O–H groups in total. The second-order valence-corrected chi connectivity index (χ2v) is 11.2. The van der Waals surface area contributed by atoms with Crippen LogP contribution in [0.15, 0.2) is 96.6 Å². The van der Waals surface area contributed by atoms with Crippen molar-refractivity contribution >= 4 is 11.7 Å². The van der Waals surface area contributed by atoms with Gasteiger partial charge in [-0.2, -0.15) is 0 Å². The molecule has 1 heterocycles. The summed E-state index contributed by atoms with van der Waals surface area (Å²) < 4.78 is 5.19. The van der Waals surface area contributed by atoms with Gasteiger partial charge in [-0.1, -0.05) is 82.8 Å². The molecule has 2 unspecified atom stereocenters. The second kappa shape index (κ2) is 7.09. The van der Waals surface area contributed by atoms with Crippen molar-refractivity contribution in [1.29, 1.82) is 0 Å². The molecule has 3 nitrogen and oxygen atoms in total. The lowest BCUT2D eigenvalue weighted by Gasteiger charge is -2.70. The Balaban J connectivity index is 1.48. The van der Waals surface area contributed by atoms with E-state index < -0.39 is 5.97 Å². The topological polar surface area (TPSA) is 29.5 Å². The number of rotatable bonds is 4. The predicted octanol–water partition coefficient (Wildman–Crippen LogP) is 7.27. The zero-order valence-electron chi connectivity index (χ0n) is 21.0. The lowest BCUT2D eigenvalue weighted by Crippen LogP contribution is -2.75. The van der Waals surface area contributed by atoms with Crippen molar-refractivity contribution in [2.45, 2.75) is 52.6 Å². The van der Waals surface area contributed by atoms with Gasteiger partial charge in [-0.05, 0) is 60.4 Å². The van der Waals surface area contributed by atoms with Gasteiger partial charge >= 0.3 is 5.97 Å². The third-order valence-corrected chi connectivity index (χ3v) is 7.83. The summed E-state index contributed by atoms with van der Waals surface area (Å²) in [7, 11) is 0. The van der Waals surface area contributed by atoms with Gasteiger partial charge in [-0.3, -0.25) is 0 Å². The van der Waals surface area contributed by atoms with Crippen molar-refractivity contribution in [1.82, 2.24) is 0 Å². The molecule has 3 aliphatic rings. The first-order valence-corrected chi connectivity index (χ1v) is 11.9. The summed E-state index contributed by atoms with van der Waals surface area (Å²) in [4.78, 5) is 14.0. The summed E-state index contributed by atoms with van der Waals surface area (Å²) in [6, 6.07) is 16.3. The smallest absolute Gasteiger partial charge is 0.335 e. The highest BCUT2D eigenvalue weighted by Gasteiger charge is 2.64. The fourth-order valence-corrected chi connectivity index (χ4v) is 6.58. The molecule has 1 aliphatic heterocycles. The monoisotopic (exact) mass is 451 g/mol. The van der Waals surface area contributed by atoms with Crippen LogP contribution in [0.3, 0.4) is 0 Å². The fourth-order valence-electron chi connectivity index (χ4n) is 6.58. The molecule has 0 amide bonds. The Bertz CT molecular complexity index is 1230. The van der Waals surface area contributed by atoms with Crippen molar-refractivity contribution in [2.24, 2.45) is 10.8 Å². The van der Waals surface area contributed by atoms with E-state index in [4.69, 9.17) is 4.74 Å². The summed E-state index contributed by atoms with van der Waals surface area (Å²) in [5, 5.41) is 0. The van der Waals surface area contributed by atoms with E-state index in [2.05, 4.69) is 102 Å². The highest BCUT2D eigenvalue weighted by atomic mass is 16.5. The standard InChI is InChI=1S/C31H33NO2/c1-8-25(33)34-24-15-11-22(12-16-24)21-9-13-23(14-10-21)32-30(6)19-17-28(2,3)26-27(30)31(32,7)20-18-29(26,4)5/h8-20H,1H2,2-7H3. The van der Waals surface area contributed by atoms with Crippen LogP contribution in [0.4, 0.5) is 5.69 Å². The van der Waals surface area contributed by atoms with E-state index >= 15 is 0 Å². The number of ether oxygens (including phenoxy) is 1. The third kappa shape index (κ3) is 3.06. The van der Waals surface area contributed by atoms with Gasteiger partial charge < -0.3 is 9.64 Å². The molecule has 5 rings (SSSR count). The van der Waals surface area contributed by atoms with E-state index in [1.165, 1.54) is 5.69 Å². The number of allylic oxidation sites excluding steroid dienone is 3. The lowest BCUT2D eigenvalue weighted by atomic mass is 9.50. The summed E-state index contributed by atoms with van der Waals surface area (Å²) >= 11 is 0. The molecule has 3 heteroatoms. The van der Waals surface area contributed by atoms with Crippen LogP contribution in [-0.4, -0.2) is 17.0 Å². The van der Waals surface area contributed by atoms with Crippen molar-refractivity contribution < 1.29 is 9.53 Å². The molecule has 2 aromatic rings. The summed E-state index contributed by atoms with van der Waals surface area (Å²) in [5.41, 5.74) is 6.36. The molecule has 1 fully saturated rings. The third-order valence-electron chi connectivity index (χ3n) is 7.83. The Hall–Kier alpha value is -3.33. The minimum atomic E-state index is -0.453. The molecule has 0 saturated carbocycles. The van der Waals surface area contributed by atoms with Crippen LogP contribution in [0.5, 0.6) is 5.75 Å². The molecule has 2 aliphatic carbocycles. The minimum absolute atomic E-state index is 0.0481. The van der Waals surface area contributed by atoms with Crippen LogP contribution in [0.1, 0.15) is 41.5 Å². The molecular weight excluding hydrogens is 418 g/mol. The zero-order chi connectivity index (χ0) is 24.5. The molecule has 0 radical (unpaired) electrons. The molecule has 174 valence electrons. The zero-order valence-corrected chi connectivity index (χ0v) is 21.0. The SMILES string of the molecule is C=CC(=O)Oc1ccc(-c2ccc(N3C4(C)C=CC(C)(C)C5=C4C3(C)C=CC5(C)C)cc2)cc1. The van der Waals surface area contributed by atoms with E-state index in [1.807, 2.05) is 24.3 Å². The predicted molar refractivity (Wildman–Crippen MR) is 140 cm³/mol. The van der Waals surface area contributed by atoms with Crippen LogP contribution in [0.25, 0.3) is 11.1 Å². The highest BCUT2D eigenvalue weighted by Crippen LogP contribution is 2.64. The Morgan fingerprint density at radius 3 is 1.68 bits per heavy atom. The Labute approximate surface area is 203 Å². The van der Waals surface area contributed by atoms with E-state index in [0.29, 0.717) is 5.75 Å². The molecule has 2 aromatic carbocycles. The number of esters is 1. The van der Waals surface area contributed by atoms with Gasteiger partial charge in [0.1, 0.15) is 5.75 Å². The maximum Gasteiger partial charge on any atom is 0.335 e. The van der Waals surface area contributed by atoms with Crippen molar-refractivity contribution in [3.8, 4) is 16.9 Å². The normalized spacial score (nSPS) is 27.6. The molecule has 0 aromatic heterocycles. The van der Waals surface area contributed by atoms with E-state index in [0.717, 1.165) is 17.2 Å². The molecule has 1 saturated heterocycles. The first-order valence-electron chi connectivity index (χ1n) is 11.9. The Morgan fingerprint density at radius 1 is 0.735 bits per heavy atom. The molecule has 2 atom stereocenters. The number of benzene rings is 2. The van der Waals surface area contributed by atoms with E-state index in [9.17, 15) is 4.79 Å². The number of hydrogen-bond donors (Lipinski definition) is 0. The molecule has 0 bridgehead atoms. The number of carbonyl (C=O) groups excluding carboxylic acids is 1. The van der Waals surface area contributed by atoms with Crippen LogP contribution in [-0.2, 0) is 4.79 Å². The average molecular weight is 452 g/mol. The Morgan fingerprint density at radius 2 is 1.21 bits per heavy atom. The number of nitrogens with zero attached hydrogens (tertiary/aromatic N) is 1. The maximum absolute atomic E-state index is 11.4. The van der Waals surface area contributed by atoms with Crippen LogP contribution in [0.2, 0.25) is 0 Å². The average Bonchev–Trinajstić information content (AvgIpc) is 2.79. The molecule has 34 heavy (non-hydrogen) atoms. The van der Waals surface area contributed by atoms with Gasteiger partial charge in [0.05, 0.1) is 11.1 Å². The highest BCUT2D eigenvalue weighted by molar-refractivity contribution is 5.83. The lowest BCUT2D eigenvalue weighted by molar-refractivity contribution is -0.128. The molecular formula is C31H33NO2. The fraction of sp³-hybridized carbons (Fsp3) is 0.323. The van der Waals surface area contributed by atoms with Gasteiger partial charge in [0.25, 0.3) is 0 Å². The summed E-state index contributed by atoms with van der Waals surface area (Å²) in [5.74, 6) is 0.0614. The van der Waals surface area contributed by atoms with Gasteiger partial charge in [-0.15, -0.1) is 0 Å². The first kappa shape index (κ1) is 22.5. The van der Waals surface area contributed by atoms with Crippen LogP contribution < -0.4 is 9.64 Å². The number of anilines is 1. The van der Waals surface area contributed by atoms with Gasteiger partial charge in [0.2, 0.25) is 0 Å². The maximum atomic E-state index is 11.4. The number of carbonyl (C=O) groups is 1. The quantitative estimate of drug-likeness (QED) is 0.212. The van der Waals surface area contributed by atoms with Crippen molar-refractivity contribution in [3.05, 3.63) is 96.6 Å². The van der Waals surface area contributed by atoms with E-state index in [1.54, 1.807) is 11.1 Å².